The zero-order valence-electron chi connectivity index (χ0n) is 12.4. The largest absolute Gasteiger partial charge is 0.396 e. The number of aliphatic hydroxyl groups excluding tert-OH is 1. The molecular weight excluding hydrogens is 278 g/mol. The van der Waals surface area contributed by atoms with E-state index in [-0.39, 0.29) is 24.6 Å². The molecule has 2 atom stereocenters. The van der Waals surface area contributed by atoms with E-state index in [2.05, 4.69) is 15.6 Å². The van der Waals surface area contributed by atoms with E-state index in [0.717, 1.165) is 22.9 Å². The minimum Gasteiger partial charge on any atom is -0.396 e. The Morgan fingerprint density at radius 3 is 3.05 bits per heavy atom. The Morgan fingerprint density at radius 2 is 2.27 bits per heavy atom. The molecule has 0 fully saturated rings. The van der Waals surface area contributed by atoms with Gasteiger partial charge in [0.15, 0.2) is 0 Å². The monoisotopic (exact) mass is 297 g/mol. The van der Waals surface area contributed by atoms with Gasteiger partial charge in [0, 0.05) is 30.1 Å². The highest BCUT2D eigenvalue weighted by atomic mass is 16.3. The van der Waals surface area contributed by atoms with Gasteiger partial charge in [-0.2, -0.15) is 0 Å². The number of fused-ring (bicyclic) bond motifs is 1. The normalized spacial score (nSPS) is 20.3. The number of hydrogen-bond acceptors (Lipinski definition) is 3. The Balaban J connectivity index is 1.73. The third-order valence-corrected chi connectivity index (χ3v) is 3.82. The molecule has 114 valence electrons. The molecule has 1 heterocycles. The molecule has 0 saturated heterocycles. The van der Waals surface area contributed by atoms with Gasteiger partial charge in [0.25, 0.3) is 0 Å². The predicted molar refractivity (Wildman–Crippen MR) is 86.8 cm³/mol. The molecule has 3 rings (SSSR count). The maximum atomic E-state index is 12.2. The van der Waals surface area contributed by atoms with Crippen molar-refractivity contribution in [3.05, 3.63) is 48.2 Å². The molecule has 5 heteroatoms. The Hall–Kier alpha value is -2.40. The maximum absolute atomic E-state index is 12.2. The summed E-state index contributed by atoms with van der Waals surface area (Å²) >= 11 is 0. The first-order valence-electron chi connectivity index (χ1n) is 7.38. The summed E-state index contributed by atoms with van der Waals surface area (Å²) in [5.41, 5.74) is 2.55. The number of nitrogens with one attached hydrogen (secondary N) is 2. The number of anilines is 1. The average Bonchev–Trinajstić information content (AvgIpc) is 2.94. The number of aromatic nitrogens is 1. The lowest BCUT2D eigenvalue weighted by molar-refractivity contribution is 0.238. The van der Waals surface area contributed by atoms with Gasteiger partial charge < -0.3 is 15.7 Å². The van der Waals surface area contributed by atoms with Crippen LogP contribution in [0.3, 0.4) is 0 Å². The van der Waals surface area contributed by atoms with Gasteiger partial charge in [-0.05, 0) is 37.1 Å². The SMILES string of the molecule is Cc1cc(NC(=O)N[C@@H]2C=C[C@H](CO)C2)c2ncccc2c1. The summed E-state index contributed by atoms with van der Waals surface area (Å²) < 4.78 is 0. The molecule has 0 aliphatic heterocycles. The molecule has 1 aromatic heterocycles. The molecule has 1 aromatic carbocycles. The van der Waals surface area contributed by atoms with Crippen molar-refractivity contribution in [2.45, 2.75) is 19.4 Å². The second-order valence-corrected chi connectivity index (χ2v) is 5.66. The van der Waals surface area contributed by atoms with Crippen molar-refractivity contribution >= 4 is 22.6 Å². The number of hydrogen-bond donors (Lipinski definition) is 3. The number of pyridine rings is 1. The number of carbonyl (C=O) groups is 1. The average molecular weight is 297 g/mol. The van der Waals surface area contributed by atoms with Crippen LogP contribution < -0.4 is 10.6 Å². The van der Waals surface area contributed by atoms with E-state index in [0.29, 0.717) is 5.69 Å². The van der Waals surface area contributed by atoms with Crippen LogP contribution in [0.4, 0.5) is 10.5 Å². The topological polar surface area (TPSA) is 74.2 Å². The Labute approximate surface area is 129 Å². The number of aryl methyl sites for hydroxylation is 1. The second kappa shape index (κ2) is 6.15. The van der Waals surface area contributed by atoms with Crippen LogP contribution in [0.15, 0.2) is 42.6 Å². The van der Waals surface area contributed by atoms with Gasteiger partial charge in [-0.1, -0.05) is 18.2 Å². The van der Waals surface area contributed by atoms with Crippen molar-refractivity contribution in [3.63, 3.8) is 0 Å². The van der Waals surface area contributed by atoms with Crippen molar-refractivity contribution in [2.24, 2.45) is 5.92 Å². The van der Waals surface area contributed by atoms with Gasteiger partial charge in [-0.25, -0.2) is 4.79 Å². The van der Waals surface area contributed by atoms with E-state index in [1.54, 1.807) is 6.20 Å². The van der Waals surface area contributed by atoms with Crippen LogP contribution in [0, 0.1) is 12.8 Å². The number of benzene rings is 1. The highest BCUT2D eigenvalue weighted by Crippen LogP contribution is 2.23. The molecule has 2 amide bonds. The smallest absolute Gasteiger partial charge is 0.319 e. The molecule has 5 nitrogen and oxygen atoms in total. The first kappa shape index (κ1) is 14.5. The number of urea groups is 1. The minimum absolute atomic E-state index is 0.0406. The number of aliphatic hydroxyl groups is 1. The highest BCUT2D eigenvalue weighted by Gasteiger charge is 2.20. The van der Waals surface area contributed by atoms with E-state index in [4.69, 9.17) is 5.11 Å². The summed E-state index contributed by atoms with van der Waals surface area (Å²) in [7, 11) is 0. The Bertz CT molecular complexity index is 727. The molecule has 0 saturated carbocycles. The van der Waals surface area contributed by atoms with E-state index < -0.39 is 0 Å². The van der Waals surface area contributed by atoms with Gasteiger partial charge in [0.1, 0.15) is 0 Å². The van der Waals surface area contributed by atoms with Gasteiger partial charge in [0.05, 0.1) is 11.2 Å². The van der Waals surface area contributed by atoms with Gasteiger partial charge >= 0.3 is 6.03 Å². The molecule has 3 N–H and O–H groups in total. The van der Waals surface area contributed by atoms with Crippen molar-refractivity contribution in [3.8, 4) is 0 Å². The first-order chi connectivity index (χ1) is 10.7. The van der Waals surface area contributed by atoms with Crippen molar-refractivity contribution in [1.82, 2.24) is 10.3 Å². The van der Waals surface area contributed by atoms with E-state index in [9.17, 15) is 4.79 Å². The minimum atomic E-state index is -0.259. The predicted octanol–water partition coefficient (Wildman–Crippen LogP) is 2.60. The van der Waals surface area contributed by atoms with Crippen LogP contribution in [0.5, 0.6) is 0 Å². The standard InChI is InChI=1S/C17H19N3O2/c1-11-7-13-3-2-6-18-16(13)15(8-11)20-17(22)19-14-5-4-12(9-14)10-21/h2-8,12,14,21H,9-10H2,1H3,(H2,19,20,22)/t12-,14+/m0/s1. The fraction of sp³-hybridized carbons (Fsp3) is 0.294. The van der Waals surface area contributed by atoms with Crippen LogP contribution >= 0.6 is 0 Å². The third-order valence-electron chi connectivity index (χ3n) is 3.82. The van der Waals surface area contributed by atoms with Gasteiger partial charge in [-0.3, -0.25) is 4.98 Å². The lowest BCUT2D eigenvalue weighted by Gasteiger charge is -2.14. The number of nitrogens with zero attached hydrogens (tertiary/aromatic N) is 1. The number of rotatable bonds is 3. The van der Waals surface area contributed by atoms with Crippen LogP contribution in [0.1, 0.15) is 12.0 Å². The van der Waals surface area contributed by atoms with Crippen LogP contribution in [0.2, 0.25) is 0 Å². The summed E-state index contributed by atoms with van der Waals surface area (Å²) in [4.78, 5) is 16.5. The molecule has 22 heavy (non-hydrogen) atoms. The lowest BCUT2D eigenvalue weighted by Crippen LogP contribution is -2.36. The van der Waals surface area contributed by atoms with E-state index >= 15 is 0 Å². The van der Waals surface area contributed by atoms with Crippen LogP contribution in [-0.4, -0.2) is 28.8 Å². The first-order valence-corrected chi connectivity index (χ1v) is 7.38. The van der Waals surface area contributed by atoms with E-state index in [1.807, 2.05) is 43.3 Å². The van der Waals surface area contributed by atoms with Crippen molar-refractivity contribution in [1.29, 1.82) is 0 Å². The zero-order chi connectivity index (χ0) is 15.5. The summed E-state index contributed by atoms with van der Waals surface area (Å²) in [6.45, 7) is 2.10. The summed E-state index contributed by atoms with van der Waals surface area (Å²) in [5.74, 6) is 0.131. The molecular formula is C17H19N3O2. The summed E-state index contributed by atoms with van der Waals surface area (Å²) in [6.07, 6.45) is 6.31. The highest BCUT2D eigenvalue weighted by molar-refractivity contribution is 6.00. The molecule has 1 aliphatic rings. The quantitative estimate of drug-likeness (QED) is 0.762. The summed E-state index contributed by atoms with van der Waals surface area (Å²) in [5, 5.41) is 15.9. The third kappa shape index (κ3) is 3.09. The molecule has 2 aromatic rings. The maximum Gasteiger partial charge on any atom is 0.319 e. The van der Waals surface area contributed by atoms with E-state index in [1.165, 1.54) is 0 Å². The van der Waals surface area contributed by atoms with Gasteiger partial charge in [0.2, 0.25) is 0 Å². The fourth-order valence-electron chi connectivity index (χ4n) is 2.78. The zero-order valence-corrected chi connectivity index (χ0v) is 12.4. The molecule has 0 bridgehead atoms. The van der Waals surface area contributed by atoms with Crippen LogP contribution in [0.25, 0.3) is 10.9 Å². The lowest BCUT2D eigenvalue weighted by atomic mass is 10.1. The molecule has 1 aliphatic carbocycles. The summed E-state index contributed by atoms with van der Waals surface area (Å²) in [6, 6.07) is 7.51. The molecule has 0 radical (unpaired) electrons. The molecule has 0 unspecified atom stereocenters. The van der Waals surface area contributed by atoms with Gasteiger partial charge in [-0.15, -0.1) is 0 Å². The number of carbonyl (C=O) groups excluding carboxylic acids is 1. The molecule has 0 spiro atoms. The van der Waals surface area contributed by atoms with Crippen molar-refractivity contribution < 1.29 is 9.90 Å². The second-order valence-electron chi connectivity index (χ2n) is 5.66. The Morgan fingerprint density at radius 1 is 1.41 bits per heavy atom. The Kier molecular flexibility index (Phi) is 4.06. The fourth-order valence-corrected chi connectivity index (χ4v) is 2.78. The van der Waals surface area contributed by atoms with Crippen LogP contribution in [-0.2, 0) is 0 Å². The van der Waals surface area contributed by atoms with Crippen molar-refractivity contribution in [2.75, 3.05) is 11.9 Å². The number of amides is 2.